The molecule has 1 fully saturated rings. The molecular formula is C21H25ClFN7O4S. The van der Waals surface area contributed by atoms with Crippen molar-refractivity contribution < 1.29 is 22.3 Å². The third-order valence-corrected chi connectivity index (χ3v) is 8.37. The molecule has 188 valence electrons. The zero-order valence-electron chi connectivity index (χ0n) is 19.6. The second-order valence-electron chi connectivity index (χ2n) is 8.25. The number of sulfone groups is 1. The van der Waals surface area contributed by atoms with Crippen LogP contribution in [0.4, 0.5) is 4.39 Å². The molecule has 0 aliphatic heterocycles. The molecule has 3 aromatic rings. The van der Waals surface area contributed by atoms with Gasteiger partial charge in [-0.1, -0.05) is 11.6 Å². The van der Waals surface area contributed by atoms with Crippen LogP contribution in [0.2, 0.25) is 5.02 Å². The molecule has 0 bridgehead atoms. The van der Waals surface area contributed by atoms with E-state index in [0.717, 1.165) is 0 Å². The zero-order chi connectivity index (χ0) is 25.3. The molecule has 0 spiro atoms. The van der Waals surface area contributed by atoms with Crippen molar-refractivity contribution in [2.45, 2.75) is 55.9 Å². The molecule has 0 radical (unpaired) electrons. The maximum absolute atomic E-state index is 14.4. The Bertz CT molecular complexity index is 1310. The Morgan fingerprint density at radius 2 is 1.89 bits per heavy atom. The number of alkyl halides is 1. The number of hydrogen-bond donors (Lipinski definition) is 0. The standard InChI is InChI=1S/C21H25ClFN7O4S/c1-11-17(21(34-4)27-10-26-11)30-16(28-29-20(30)14-5-6-15(14)23)9-35(31,32)12(2)18(33-3)19-24-7-13(22)8-25-19/h7-8,10,12,14-15,18H,5-6,9H2,1-4H3/t12-,14+,15-,18-/m0/s1. The summed E-state index contributed by atoms with van der Waals surface area (Å²) in [5, 5.41) is 7.60. The molecular weight excluding hydrogens is 501 g/mol. The minimum Gasteiger partial charge on any atom is -0.479 e. The highest BCUT2D eigenvalue weighted by Gasteiger charge is 2.40. The van der Waals surface area contributed by atoms with Gasteiger partial charge in [-0.25, -0.2) is 27.8 Å². The van der Waals surface area contributed by atoms with E-state index < -0.39 is 39.0 Å². The Labute approximate surface area is 207 Å². The van der Waals surface area contributed by atoms with Crippen molar-refractivity contribution in [2.24, 2.45) is 0 Å². The van der Waals surface area contributed by atoms with E-state index in [1.807, 2.05) is 0 Å². The third-order valence-electron chi connectivity index (χ3n) is 6.14. The molecule has 1 aliphatic carbocycles. The van der Waals surface area contributed by atoms with Crippen molar-refractivity contribution in [1.29, 1.82) is 0 Å². The first kappa shape index (κ1) is 25.3. The highest BCUT2D eigenvalue weighted by molar-refractivity contribution is 7.91. The van der Waals surface area contributed by atoms with Crippen molar-refractivity contribution in [3.63, 3.8) is 0 Å². The van der Waals surface area contributed by atoms with Crippen LogP contribution in [0.25, 0.3) is 5.69 Å². The van der Waals surface area contributed by atoms with Crippen LogP contribution in [-0.4, -0.2) is 68.8 Å². The summed E-state index contributed by atoms with van der Waals surface area (Å²) in [6, 6.07) is 0. The molecule has 0 N–H and O–H groups in total. The van der Waals surface area contributed by atoms with Gasteiger partial charge in [-0.15, -0.1) is 10.2 Å². The lowest BCUT2D eigenvalue weighted by Crippen LogP contribution is -2.31. The average Bonchev–Trinajstić information content (AvgIpc) is 3.20. The topological polar surface area (TPSA) is 135 Å². The highest BCUT2D eigenvalue weighted by Crippen LogP contribution is 2.41. The fourth-order valence-electron chi connectivity index (χ4n) is 3.99. The Morgan fingerprint density at radius 3 is 2.46 bits per heavy atom. The molecule has 4 atom stereocenters. The summed E-state index contributed by atoms with van der Waals surface area (Å²) in [6.45, 7) is 3.22. The minimum absolute atomic E-state index is 0.0917. The van der Waals surface area contributed by atoms with Crippen LogP contribution in [0.5, 0.6) is 5.88 Å². The SMILES string of the molecule is COc1ncnc(C)c1-n1c(CS(=O)(=O)[C@@H](C)[C@H](OC)c2ncc(Cl)cn2)nnc1[C@@H]1CC[C@@H]1F. The highest BCUT2D eigenvalue weighted by atomic mass is 35.5. The largest absolute Gasteiger partial charge is 0.479 e. The Kier molecular flexibility index (Phi) is 7.29. The van der Waals surface area contributed by atoms with Gasteiger partial charge in [0.05, 0.1) is 29.0 Å². The first-order valence-electron chi connectivity index (χ1n) is 10.8. The number of methoxy groups -OCH3 is 2. The second kappa shape index (κ2) is 10.1. The van der Waals surface area contributed by atoms with Gasteiger partial charge in [-0.3, -0.25) is 4.57 Å². The number of ether oxygens (including phenoxy) is 2. The summed E-state index contributed by atoms with van der Waals surface area (Å²) in [5.74, 6) is -0.246. The Morgan fingerprint density at radius 1 is 1.17 bits per heavy atom. The normalized spacial score (nSPS) is 19.7. The van der Waals surface area contributed by atoms with E-state index in [4.69, 9.17) is 21.1 Å². The number of nitrogens with zero attached hydrogens (tertiary/aromatic N) is 7. The van der Waals surface area contributed by atoms with Crippen LogP contribution in [0.1, 0.15) is 55.0 Å². The molecule has 4 rings (SSSR count). The maximum Gasteiger partial charge on any atom is 0.241 e. The van der Waals surface area contributed by atoms with Gasteiger partial charge < -0.3 is 9.47 Å². The van der Waals surface area contributed by atoms with Gasteiger partial charge in [-0.05, 0) is 26.7 Å². The van der Waals surface area contributed by atoms with Gasteiger partial charge in [0.1, 0.15) is 35.9 Å². The monoisotopic (exact) mass is 525 g/mol. The van der Waals surface area contributed by atoms with Crippen LogP contribution in [0, 0.1) is 6.92 Å². The quantitative estimate of drug-likeness (QED) is 0.410. The van der Waals surface area contributed by atoms with Crippen LogP contribution in [0.3, 0.4) is 0 Å². The van der Waals surface area contributed by atoms with Crippen LogP contribution in [-0.2, 0) is 20.3 Å². The van der Waals surface area contributed by atoms with E-state index in [2.05, 4.69) is 30.1 Å². The van der Waals surface area contributed by atoms with E-state index in [1.165, 1.54) is 44.4 Å². The van der Waals surface area contributed by atoms with Gasteiger partial charge in [0, 0.05) is 19.5 Å². The molecule has 0 unspecified atom stereocenters. The van der Waals surface area contributed by atoms with E-state index in [9.17, 15) is 12.8 Å². The maximum atomic E-state index is 14.4. The predicted molar refractivity (Wildman–Crippen MR) is 124 cm³/mol. The minimum atomic E-state index is -3.90. The zero-order valence-corrected chi connectivity index (χ0v) is 21.2. The van der Waals surface area contributed by atoms with Gasteiger partial charge in [0.25, 0.3) is 0 Å². The summed E-state index contributed by atoms with van der Waals surface area (Å²) in [5.41, 5.74) is 0.875. The Hall–Kier alpha value is -2.77. The molecule has 1 saturated carbocycles. The predicted octanol–water partition coefficient (Wildman–Crippen LogP) is 2.72. The lowest BCUT2D eigenvalue weighted by molar-refractivity contribution is 0.0948. The first-order valence-corrected chi connectivity index (χ1v) is 12.9. The van der Waals surface area contributed by atoms with Crippen LogP contribution in [0.15, 0.2) is 18.7 Å². The van der Waals surface area contributed by atoms with Crippen LogP contribution < -0.4 is 4.74 Å². The summed E-state index contributed by atoms with van der Waals surface area (Å²) in [6.07, 6.45) is 2.99. The molecule has 35 heavy (non-hydrogen) atoms. The van der Waals surface area contributed by atoms with Crippen molar-refractivity contribution in [1.82, 2.24) is 34.7 Å². The van der Waals surface area contributed by atoms with Gasteiger partial charge in [-0.2, -0.15) is 4.98 Å². The number of rotatable bonds is 9. The number of aryl methyl sites for hydroxylation is 1. The van der Waals surface area contributed by atoms with E-state index >= 15 is 0 Å². The smallest absolute Gasteiger partial charge is 0.241 e. The fourth-order valence-corrected chi connectivity index (χ4v) is 5.50. The van der Waals surface area contributed by atoms with Crippen molar-refractivity contribution >= 4 is 21.4 Å². The summed E-state index contributed by atoms with van der Waals surface area (Å²) in [7, 11) is -1.08. The summed E-state index contributed by atoms with van der Waals surface area (Å²) >= 11 is 5.86. The lowest BCUT2D eigenvalue weighted by Gasteiger charge is -2.30. The van der Waals surface area contributed by atoms with E-state index in [0.29, 0.717) is 35.1 Å². The lowest BCUT2D eigenvalue weighted by atomic mass is 9.82. The van der Waals surface area contributed by atoms with Gasteiger partial charge in [0.15, 0.2) is 21.5 Å². The molecule has 3 aromatic heterocycles. The number of aromatic nitrogens is 7. The molecule has 11 nitrogen and oxygen atoms in total. The molecule has 0 saturated heterocycles. The second-order valence-corrected chi connectivity index (χ2v) is 11.0. The third kappa shape index (κ3) is 4.84. The summed E-state index contributed by atoms with van der Waals surface area (Å²) in [4.78, 5) is 16.6. The number of halogens is 2. The molecule has 3 heterocycles. The van der Waals surface area contributed by atoms with Gasteiger partial charge in [0.2, 0.25) is 5.88 Å². The molecule has 14 heteroatoms. The van der Waals surface area contributed by atoms with Crippen molar-refractivity contribution in [3.05, 3.63) is 46.9 Å². The van der Waals surface area contributed by atoms with Crippen molar-refractivity contribution in [2.75, 3.05) is 14.2 Å². The number of hydrogen-bond acceptors (Lipinski definition) is 10. The van der Waals surface area contributed by atoms with Crippen LogP contribution >= 0.6 is 11.6 Å². The molecule has 0 amide bonds. The average molecular weight is 526 g/mol. The van der Waals surface area contributed by atoms with Crippen molar-refractivity contribution in [3.8, 4) is 11.6 Å². The summed E-state index contributed by atoms with van der Waals surface area (Å²) < 4.78 is 53.8. The Balaban J connectivity index is 1.76. The fraction of sp³-hybridized carbons (Fsp3) is 0.524. The van der Waals surface area contributed by atoms with E-state index in [1.54, 1.807) is 6.92 Å². The first-order chi connectivity index (χ1) is 16.7. The van der Waals surface area contributed by atoms with E-state index in [-0.39, 0.29) is 17.5 Å². The molecule has 0 aromatic carbocycles. The van der Waals surface area contributed by atoms with Gasteiger partial charge >= 0.3 is 0 Å². The molecule has 1 aliphatic rings.